The van der Waals surface area contributed by atoms with Gasteiger partial charge in [-0.05, 0) is 32.6 Å². The maximum absolute atomic E-state index is 12.3. The van der Waals surface area contributed by atoms with Gasteiger partial charge in [-0.25, -0.2) is 14.8 Å². The minimum Gasteiger partial charge on any atom is -0.356 e. The van der Waals surface area contributed by atoms with E-state index in [0.717, 1.165) is 50.3 Å². The minimum atomic E-state index is -0.414. The lowest BCUT2D eigenvalue weighted by molar-refractivity contribution is -0.384. The fourth-order valence-electron chi connectivity index (χ4n) is 4.51. The van der Waals surface area contributed by atoms with E-state index in [1.165, 1.54) is 31.4 Å². The van der Waals surface area contributed by atoms with Gasteiger partial charge in [0.05, 0.1) is 4.92 Å². The summed E-state index contributed by atoms with van der Waals surface area (Å²) in [6, 6.07) is 8.73. The number of nitrogens with one attached hydrogen (secondary N) is 2. The van der Waals surface area contributed by atoms with Gasteiger partial charge in [-0.3, -0.25) is 10.1 Å². The Morgan fingerprint density at radius 1 is 1.03 bits per heavy atom. The Balaban J connectivity index is 1.36. The van der Waals surface area contributed by atoms with Crippen molar-refractivity contribution < 1.29 is 9.72 Å². The van der Waals surface area contributed by atoms with Crippen molar-refractivity contribution in [3.63, 3.8) is 0 Å². The van der Waals surface area contributed by atoms with E-state index in [2.05, 4.69) is 25.5 Å². The molecular weight excluding hydrogens is 408 g/mol. The van der Waals surface area contributed by atoms with Crippen molar-refractivity contribution in [1.82, 2.24) is 20.6 Å². The van der Waals surface area contributed by atoms with Gasteiger partial charge >= 0.3 is 6.03 Å². The predicted molar refractivity (Wildman–Crippen MR) is 123 cm³/mol. The first kappa shape index (κ1) is 22.0. The molecule has 1 saturated carbocycles. The Labute approximate surface area is 187 Å². The summed E-state index contributed by atoms with van der Waals surface area (Å²) in [6.45, 7) is 3.45. The van der Waals surface area contributed by atoms with Crippen molar-refractivity contribution in [2.45, 2.75) is 64.0 Å². The summed E-state index contributed by atoms with van der Waals surface area (Å²) < 4.78 is 0. The van der Waals surface area contributed by atoms with Crippen LogP contribution in [0.3, 0.4) is 0 Å². The maximum atomic E-state index is 12.3. The maximum Gasteiger partial charge on any atom is 0.315 e. The largest absolute Gasteiger partial charge is 0.356 e. The number of amides is 2. The zero-order chi connectivity index (χ0) is 22.5. The van der Waals surface area contributed by atoms with Crippen molar-refractivity contribution in [2.24, 2.45) is 0 Å². The topological polar surface area (TPSA) is 113 Å². The fraction of sp³-hybridized carbons (Fsp3) is 0.522. The molecule has 2 fully saturated rings. The molecule has 1 aromatic carbocycles. The Morgan fingerprint density at radius 2 is 1.72 bits per heavy atom. The molecule has 9 nitrogen and oxygen atoms in total. The van der Waals surface area contributed by atoms with E-state index in [0.29, 0.717) is 17.4 Å². The molecule has 2 heterocycles. The molecule has 4 rings (SSSR count). The number of anilines is 1. The second-order valence-corrected chi connectivity index (χ2v) is 8.71. The quantitative estimate of drug-likeness (QED) is 0.540. The molecule has 2 N–H and O–H groups in total. The number of nitrogens with zero attached hydrogens (tertiary/aromatic N) is 4. The number of nitro benzene ring substituents is 1. The molecular formula is C23H30N6O3. The van der Waals surface area contributed by atoms with Gasteiger partial charge in [-0.2, -0.15) is 0 Å². The van der Waals surface area contributed by atoms with E-state index in [1.54, 1.807) is 12.1 Å². The Kier molecular flexibility index (Phi) is 6.82. The first-order chi connectivity index (χ1) is 15.5. The number of piperidine rings is 1. The Bertz CT molecular complexity index is 968. The van der Waals surface area contributed by atoms with Gasteiger partial charge in [0.25, 0.3) is 5.69 Å². The van der Waals surface area contributed by atoms with Crippen LogP contribution in [-0.4, -0.2) is 46.1 Å². The monoisotopic (exact) mass is 438 g/mol. The van der Waals surface area contributed by atoms with Crippen LogP contribution in [0.15, 0.2) is 30.3 Å². The molecule has 0 radical (unpaired) electrons. The number of urea groups is 1. The van der Waals surface area contributed by atoms with Crippen molar-refractivity contribution in [2.75, 3.05) is 18.0 Å². The summed E-state index contributed by atoms with van der Waals surface area (Å²) in [5.74, 6) is 1.29. The highest BCUT2D eigenvalue weighted by Crippen LogP contribution is 2.25. The number of hydrogen-bond donors (Lipinski definition) is 2. The summed E-state index contributed by atoms with van der Waals surface area (Å²) in [5, 5.41) is 17.4. The smallest absolute Gasteiger partial charge is 0.315 e. The van der Waals surface area contributed by atoms with Gasteiger partial charge in [0.1, 0.15) is 5.82 Å². The Hall–Kier alpha value is -3.23. The summed E-state index contributed by atoms with van der Waals surface area (Å²) in [7, 11) is 0. The summed E-state index contributed by atoms with van der Waals surface area (Å²) in [6.07, 6.45) is 7.49. The van der Waals surface area contributed by atoms with Crippen molar-refractivity contribution >= 4 is 17.5 Å². The number of carbonyl (C=O) groups is 1. The number of nitro groups is 1. The lowest BCUT2D eigenvalue weighted by atomic mass is 9.96. The third-order valence-corrected chi connectivity index (χ3v) is 6.25. The number of aromatic nitrogens is 2. The SMILES string of the molecule is Cc1cc(N2CCC(NC(=O)NC3CCCCC3)CC2)nc(-c2cccc([N+](=O)[O-])c2)n1. The highest BCUT2D eigenvalue weighted by atomic mass is 16.6. The van der Waals surface area contributed by atoms with Crippen LogP contribution in [0, 0.1) is 17.0 Å². The second kappa shape index (κ2) is 9.93. The van der Waals surface area contributed by atoms with Gasteiger partial charge < -0.3 is 15.5 Å². The average molecular weight is 439 g/mol. The average Bonchev–Trinajstić information content (AvgIpc) is 2.80. The molecule has 1 aliphatic heterocycles. The molecule has 2 amide bonds. The highest BCUT2D eigenvalue weighted by molar-refractivity contribution is 5.74. The number of hydrogen-bond acceptors (Lipinski definition) is 6. The van der Waals surface area contributed by atoms with Crippen LogP contribution < -0.4 is 15.5 Å². The molecule has 0 atom stereocenters. The van der Waals surface area contributed by atoms with Crippen LogP contribution in [0.2, 0.25) is 0 Å². The molecule has 32 heavy (non-hydrogen) atoms. The number of rotatable bonds is 5. The van der Waals surface area contributed by atoms with Gasteiger partial charge in [-0.1, -0.05) is 31.4 Å². The molecule has 170 valence electrons. The zero-order valence-corrected chi connectivity index (χ0v) is 18.4. The molecule has 2 aliphatic rings. The lowest BCUT2D eigenvalue weighted by Crippen LogP contribution is -2.50. The van der Waals surface area contributed by atoms with Crippen molar-refractivity contribution in [3.05, 3.63) is 46.1 Å². The van der Waals surface area contributed by atoms with E-state index < -0.39 is 4.92 Å². The highest BCUT2D eigenvalue weighted by Gasteiger charge is 2.24. The minimum absolute atomic E-state index is 0.0209. The van der Waals surface area contributed by atoms with Crippen LogP contribution in [0.25, 0.3) is 11.4 Å². The first-order valence-electron chi connectivity index (χ1n) is 11.4. The van der Waals surface area contributed by atoms with Crippen LogP contribution in [-0.2, 0) is 0 Å². The molecule has 1 saturated heterocycles. The number of carbonyl (C=O) groups excluding carboxylic acids is 1. The van der Waals surface area contributed by atoms with Crippen molar-refractivity contribution in [3.8, 4) is 11.4 Å². The normalized spacial score (nSPS) is 17.7. The van der Waals surface area contributed by atoms with Crippen molar-refractivity contribution in [1.29, 1.82) is 0 Å². The molecule has 9 heteroatoms. The molecule has 0 spiro atoms. The number of aryl methyl sites for hydroxylation is 1. The van der Waals surface area contributed by atoms with E-state index in [4.69, 9.17) is 0 Å². The second-order valence-electron chi connectivity index (χ2n) is 8.71. The van der Waals surface area contributed by atoms with Gasteiger partial charge in [0, 0.05) is 54.6 Å². The van der Waals surface area contributed by atoms with Crippen LogP contribution in [0.1, 0.15) is 50.6 Å². The van der Waals surface area contributed by atoms with Crippen LogP contribution in [0.5, 0.6) is 0 Å². The standard InChI is InChI=1S/C23H30N6O3/c1-16-14-21(27-22(24-16)17-6-5-9-20(15-17)29(31)32)28-12-10-19(11-13-28)26-23(30)25-18-7-3-2-4-8-18/h5-6,9,14-15,18-19H,2-4,7-8,10-13H2,1H3,(H2,25,26,30). The van der Waals surface area contributed by atoms with E-state index >= 15 is 0 Å². The fourth-order valence-corrected chi connectivity index (χ4v) is 4.51. The predicted octanol–water partition coefficient (Wildman–Crippen LogP) is 3.96. The third kappa shape index (κ3) is 5.52. The van der Waals surface area contributed by atoms with E-state index in [1.807, 2.05) is 13.0 Å². The molecule has 1 aromatic heterocycles. The number of benzene rings is 1. The van der Waals surface area contributed by atoms with Crippen LogP contribution >= 0.6 is 0 Å². The van der Waals surface area contributed by atoms with Crippen LogP contribution in [0.4, 0.5) is 16.3 Å². The van der Waals surface area contributed by atoms with Gasteiger partial charge in [-0.15, -0.1) is 0 Å². The Morgan fingerprint density at radius 3 is 2.41 bits per heavy atom. The molecule has 1 aliphatic carbocycles. The summed E-state index contributed by atoms with van der Waals surface area (Å²) in [4.78, 5) is 34.4. The third-order valence-electron chi connectivity index (χ3n) is 6.25. The molecule has 0 bridgehead atoms. The number of non-ortho nitro benzene ring substituents is 1. The van der Waals surface area contributed by atoms with Gasteiger partial charge in [0.2, 0.25) is 0 Å². The molecule has 0 unspecified atom stereocenters. The first-order valence-corrected chi connectivity index (χ1v) is 11.4. The summed E-state index contributed by atoms with van der Waals surface area (Å²) in [5.41, 5.74) is 1.45. The zero-order valence-electron chi connectivity index (χ0n) is 18.4. The molecule has 2 aromatic rings. The van der Waals surface area contributed by atoms with E-state index in [9.17, 15) is 14.9 Å². The summed E-state index contributed by atoms with van der Waals surface area (Å²) >= 11 is 0. The van der Waals surface area contributed by atoms with Gasteiger partial charge in [0.15, 0.2) is 5.82 Å². The van der Waals surface area contributed by atoms with E-state index in [-0.39, 0.29) is 17.8 Å². The lowest BCUT2D eigenvalue weighted by Gasteiger charge is -2.34.